The molecule has 4 nitrogen and oxygen atoms in total. The standard InChI is InChI=1S/C11H10N3OS/c1-2-9-7-13-11(16-9)14-10(15)8-4-3-5-12-6-8/h3-7H,2H2,1H3. The summed E-state index contributed by atoms with van der Waals surface area (Å²) in [7, 11) is 0. The SMILES string of the molecule is CCc1cnc([N]C(=O)c2cccnc2)s1. The molecule has 0 N–H and O–H groups in total. The Hall–Kier alpha value is -1.75. The van der Waals surface area contributed by atoms with Crippen LogP contribution in [-0.2, 0) is 6.42 Å². The average molecular weight is 232 g/mol. The molecule has 0 saturated carbocycles. The van der Waals surface area contributed by atoms with Gasteiger partial charge in [-0.1, -0.05) is 18.3 Å². The van der Waals surface area contributed by atoms with E-state index in [2.05, 4.69) is 15.3 Å². The number of nitrogens with zero attached hydrogens (tertiary/aromatic N) is 3. The molecule has 0 aliphatic rings. The van der Waals surface area contributed by atoms with Crippen molar-refractivity contribution in [3.8, 4) is 0 Å². The number of amides is 1. The average Bonchev–Trinajstić information content (AvgIpc) is 2.78. The van der Waals surface area contributed by atoms with Gasteiger partial charge in [0.05, 0.1) is 5.56 Å². The quantitative estimate of drug-likeness (QED) is 0.815. The fourth-order valence-corrected chi connectivity index (χ4v) is 1.87. The molecule has 1 amide bonds. The van der Waals surface area contributed by atoms with Gasteiger partial charge in [-0.2, -0.15) is 5.32 Å². The highest BCUT2D eigenvalue weighted by Crippen LogP contribution is 2.19. The van der Waals surface area contributed by atoms with Crippen LogP contribution in [0.1, 0.15) is 22.2 Å². The zero-order chi connectivity index (χ0) is 11.4. The highest BCUT2D eigenvalue weighted by Gasteiger charge is 2.10. The fraction of sp³-hybridized carbons (Fsp3) is 0.182. The van der Waals surface area contributed by atoms with Gasteiger partial charge in [-0.25, -0.2) is 4.98 Å². The van der Waals surface area contributed by atoms with E-state index in [0.717, 1.165) is 11.3 Å². The molecule has 0 saturated heterocycles. The summed E-state index contributed by atoms with van der Waals surface area (Å²) in [5.74, 6) is -0.301. The van der Waals surface area contributed by atoms with Crippen molar-refractivity contribution < 1.29 is 4.79 Å². The van der Waals surface area contributed by atoms with E-state index in [1.807, 2.05) is 6.92 Å². The monoisotopic (exact) mass is 232 g/mol. The largest absolute Gasteiger partial charge is 0.281 e. The van der Waals surface area contributed by atoms with Crippen molar-refractivity contribution in [2.75, 3.05) is 0 Å². The molecule has 0 spiro atoms. The number of carbonyl (C=O) groups excluding carboxylic acids is 1. The number of hydrogen-bond acceptors (Lipinski definition) is 4. The molecular formula is C11H10N3OS. The molecule has 0 atom stereocenters. The van der Waals surface area contributed by atoms with Gasteiger partial charge in [0.2, 0.25) is 5.13 Å². The first-order valence-electron chi connectivity index (χ1n) is 4.90. The van der Waals surface area contributed by atoms with Crippen molar-refractivity contribution in [1.29, 1.82) is 0 Å². The van der Waals surface area contributed by atoms with Crippen LogP contribution < -0.4 is 5.32 Å². The summed E-state index contributed by atoms with van der Waals surface area (Å²) in [5.41, 5.74) is 0.482. The van der Waals surface area contributed by atoms with E-state index in [1.165, 1.54) is 17.5 Å². The van der Waals surface area contributed by atoms with Crippen LogP contribution in [0.3, 0.4) is 0 Å². The molecule has 1 radical (unpaired) electrons. The van der Waals surface area contributed by atoms with E-state index in [9.17, 15) is 4.79 Å². The molecule has 0 aliphatic carbocycles. The predicted octanol–water partition coefficient (Wildman–Crippen LogP) is 2.18. The van der Waals surface area contributed by atoms with E-state index in [1.54, 1.807) is 24.5 Å². The smallest absolute Gasteiger partial charge is 0.267 e. The van der Waals surface area contributed by atoms with E-state index in [0.29, 0.717) is 10.7 Å². The van der Waals surface area contributed by atoms with Gasteiger partial charge >= 0.3 is 0 Å². The molecule has 0 aromatic carbocycles. The molecule has 5 heteroatoms. The van der Waals surface area contributed by atoms with Crippen molar-refractivity contribution >= 4 is 22.4 Å². The van der Waals surface area contributed by atoms with Gasteiger partial charge in [0, 0.05) is 23.5 Å². The molecule has 0 fully saturated rings. The Morgan fingerprint density at radius 3 is 3.00 bits per heavy atom. The lowest BCUT2D eigenvalue weighted by molar-refractivity contribution is 0.0968. The van der Waals surface area contributed by atoms with E-state index < -0.39 is 0 Å². The van der Waals surface area contributed by atoms with Crippen LogP contribution in [0.15, 0.2) is 30.7 Å². The lowest BCUT2D eigenvalue weighted by Gasteiger charge is -1.96. The van der Waals surface area contributed by atoms with Gasteiger partial charge in [-0.15, -0.1) is 0 Å². The molecule has 2 aromatic heterocycles. The molecule has 0 aliphatic heterocycles. The fourth-order valence-electron chi connectivity index (χ4n) is 1.15. The van der Waals surface area contributed by atoms with Gasteiger partial charge in [-0.05, 0) is 18.6 Å². The Morgan fingerprint density at radius 1 is 1.50 bits per heavy atom. The van der Waals surface area contributed by atoms with E-state index in [4.69, 9.17) is 0 Å². The topological polar surface area (TPSA) is 57.0 Å². The summed E-state index contributed by atoms with van der Waals surface area (Å²) in [6.07, 6.45) is 5.78. The number of carbonyl (C=O) groups is 1. The minimum Gasteiger partial charge on any atom is -0.267 e. The van der Waals surface area contributed by atoms with Crippen LogP contribution in [0.5, 0.6) is 0 Å². The second kappa shape index (κ2) is 4.85. The maximum atomic E-state index is 11.7. The zero-order valence-corrected chi connectivity index (χ0v) is 9.57. The summed E-state index contributed by atoms with van der Waals surface area (Å²) in [6, 6.07) is 3.40. The molecule has 2 heterocycles. The van der Waals surface area contributed by atoms with Crippen molar-refractivity contribution in [3.63, 3.8) is 0 Å². The molecule has 81 valence electrons. The van der Waals surface area contributed by atoms with Gasteiger partial charge < -0.3 is 0 Å². The number of thiazole rings is 1. The van der Waals surface area contributed by atoms with E-state index >= 15 is 0 Å². The first kappa shape index (κ1) is 10.8. The maximum absolute atomic E-state index is 11.7. The number of aryl methyl sites for hydroxylation is 1. The number of rotatable bonds is 3. The molecular weight excluding hydrogens is 222 g/mol. The van der Waals surface area contributed by atoms with Crippen LogP contribution in [0.2, 0.25) is 0 Å². The molecule has 0 unspecified atom stereocenters. The highest BCUT2D eigenvalue weighted by molar-refractivity contribution is 7.15. The summed E-state index contributed by atoms with van der Waals surface area (Å²) in [6.45, 7) is 2.04. The minimum atomic E-state index is -0.301. The Balaban J connectivity index is 2.08. The lowest BCUT2D eigenvalue weighted by atomic mass is 10.3. The van der Waals surface area contributed by atoms with Crippen molar-refractivity contribution in [2.24, 2.45) is 0 Å². The van der Waals surface area contributed by atoms with Gasteiger partial charge in [0.1, 0.15) is 0 Å². The maximum Gasteiger partial charge on any atom is 0.281 e. The van der Waals surface area contributed by atoms with Gasteiger partial charge in [0.25, 0.3) is 5.91 Å². The summed E-state index contributed by atoms with van der Waals surface area (Å²) >= 11 is 1.44. The summed E-state index contributed by atoms with van der Waals surface area (Å²) in [4.78, 5) is 20.7. The highest BCUT2D eigenvalue weighted by atomic mass is 32.1. The Labute approximate surface area is 97.4 Å². The first-order valence-corrected chi connectivity index (χ1v) is 5.72. The Morgan fingerprint density at radius 2 is 2.38 bits per heavy atom. The van der Waals surface area contributed by atoms with Gasteiger partial charge in [0.15, 0.2) is 0 Å². The normalized spacial score (nSPS) is 10.1. The zero-order valence-electron chi connectivity index (χ0n) is 8.75. The summed E-state index contributed by atoms with van der Waals surface area (Å²) in [5, 5.41) is 4.43. The minimum absolute atomic E-state index is 0.301. The Bertz CT molecular complexity index is 481. The van der Waals surface area contributed by atoms with Crippen LogP contribution in [0.4, 0.5) is 5.13 Å². The lowest BCUT2D eigenvalue weighted by Crippen LogP contribution is -2.10. The predicted molar refractivity (Wildman–Crippen MR) is 61.9 cm³/mol. The van der Waals surface area contributed by atoms with Crippen molar-refractivity contribution in [1.82, 2.24) is 15.3 Å². The van der Waals surface area contributed by atoms with Crippen LogP contribution in [0, 0.1) is 0 Å². The third-order valence-corrected chi connectivity index (χ3v) is 3.03. The third kappa shape index (κ3) is 2.43. The number of aromatic nitrogens is 2. The van der Waals surface area contributed by atoms with E-state index in [-0.39, 0.29) is 5.91 Å². The molecule has 0 bridgehead atoms. The molecule has 2 rings (SSSR count). The second-order valence-corrected chi connectivity index (χ2v) is 4.22. The number of hydrogen-bond donors (Lipinski definition) is 0. The first-order chi connectivity index (χ1) is 7.79. The van der Waals surface area contributed by atoms with Crippen LogP contribution >= 0.6 is 11.3 Å². The Kier molecular flexibility index (Phi) is 3.26. The van der Waals surface area contributed by atoms with Crippen LogP contribution in [-0.4, -0.2) is 15.9 Å². The molecule has 16 heavy (non-hydrogen) atoms. The molecule has 2 aromatic rings. The van der Waals surface area contributed by atoms with Gasteiger partial charge in [-0.3, -0.25) is 9.78 Å². The van der Waals surface area contributed by atoms with Crippen molar-refractivity contribution in [3.05, 3.63) is 41.2 Å². The number of pyridine rings is 1. The second-order valence-electron chi connectivity index (χ2n) is 3.12. The van der Waals surface area contributed by atoms with Crippen LogP contribution in [0.25, 0.3) is 0 Å². The summed E-state index contributed by atoms with van der Waals surface area (Å²) < 4.78 is 0. The third-order valence-electron chi connectivity index (χ3n) is 2.00. The van der Waals surface area contributed by atoms with Crippen molar-refractivity contribution in [2.45, 2.75) is 13.3 Å².